The Hall–Kier alpha value is -0.100. The van der Waals surface area contributed by atoms with Gasteiger partial charge in [-0.2, -0.15) is 0 Å². The Morgan fingerprint density at radius 2 is 1.83 bits per heavy atom. The van der Waals surface area contributed by atoms with Gasteiger partial charge in [0, 0.05) is 51.0 Å². The van der Waals surface area contributed by atoms with E-state index in [0.29, 0.717) is 16.5 Å². The first-order chi connectivity index (χ1) is 10.7. The van der Waals surface area contributed by atoms with Gasteiger partial charge >= 0.3 is 0 Å². The molecule has 24 heavy (non-hydrogen) atoms. The molecule has 2 fully saturated rings. The summed E-state index contributed by atoms with van der Waals surface area (Å²) in [4.78, 5) is 2.40. The molecule has 0 spiro atoms. The second-order valence-corrected chi connectivity index (χ2v) is 6.65. The Morgan fingerprint density at radius 3 is 2.46 bits per heavy atom. The number of hydrogen-bond acceptors (Lipinski definition) is 3. The van der Waals surface area contributed by atoms with E-state index in [1.54, 1.807) is 12.1 Å². The van der Waals surface area contributed by atoms with E-state index in [0.717, 1.165) is 57.8 Å². The molecule has 2 aliphatic rings. The second-order valence-electron chi connectivity index (χ2n) is 6.27. The third kappa shape index (κ3) is 4.75. The maximum absolute atomic E-state index is 14.6. The van der Waals surface area contributed by atoms with Crippen LogP contribution >= 0.6 is 36.4 Å². The van der Waals surface area contributed by atoms with Crippen molar-refractivity contribution in [1.82, 2.24) is 10.2 Å². The number of benzene rings is 1. The van der Waals surface area contributed by atoms with Crippen LogP contribution in [0.1, 0.15) is 30.0 Å². The molecule has 2 heterocycles. The van der Waals surface area contributed by atoms with Crippen LogP contribution in [0, 0.1) is 18.7 Å². The van der Waals surface area contributed by atoms with Gasteiger partial charge in [-0.05, 0) is 37.3 Å². The van der Waals surface area contributed by atoms with Gasteiger partial charge in [0.15, 0.2) is 0 Å². The van der Waals surface area contributed by atoms with Gasteiger partial charge in [0.05, 0.1) is 5.02 Å². The molecule has 1 atom stereocenters. The van der Waals surface area contributed by atoms with E-state index in [9.17, 15) is 4.39 Å². The Bertz CT molecular complexity index is 503. The summed E-state index contributed by atoms with van der Waals surface area (Å²) in [6, 6.07) is 3.38. The molecule has 2 saturated heterocycles. The first-order valence-electron chi connectivity index (χ1n) is 8.15. The van der Waals surface area contributed by atoms with Crippen molar-refractivity contribution in [2.75, 3.05) is 39.4 Å². The van der Waals surface area contributed by atoms with Crippen molar-refractivity contribution in [3.05, 3.63) is 34.1 Å². The lowest BCUT2D eigenvalue weighted by Gasteiger charge is -2.41. The monoisotopic (exact) mass is 398 g/mol. The lowest BCUT2D eigenvalue weighted by atomic mass is 9.84. The van der Waals surface area contributed by atoms with Gasteiger partial charge in [-0.3, -0.25) is 4.90 Å². The predicted octanol–water partition coefficient (Wildman–Crippen LogP) is 4.00. The number of rotatable bonds is 3. The van der Waals surface area contributed by atoms with E-state index in [4.69, 9.17) is 16.3 Å². The fraction of sp³-hybridized carbons (Fsp3) is 0.647. The zero-order valence-corrected chi connectivity index (χ0v) is 16.3. The van der Waals surface area contributed by atoms with E-state index in [-0.39, 0.29) is 36.7 Å². The topological polar surface area (TPSA) is 24.5 Å². The minimum absolute atomic E-state index is 0. The molecule has 1 aromatic rings. The lowest BCUT2D eigenvalue weighted by molar-refractivity contribution is 0.0203. The van der Waals surface area contributed by atoms with Crippen molar-refractivity contribution in [3.63, 3.8) is 0 Å². The molecule has 0 amide bonds. The lowest BCUT2D eigenvalue weighted by Crippen LogP contribution is -2.48. The summed E-state index contributed by atoms with van der Waals surface area (Å²) < 4.78 is 20.1. The standard InChI is InChI=1S/C17H24ClFN2O.2ClH/c1-12-2-3-14(19)15(16(12)18)17(13-4-10-22-11-5-13)21-8-6-20-7-9-21;;/h2-3,13,17,20H,4-11H2,1H3;2*1H/t17-;;/m0../s1. The van der Waals surface area contributed by atoms with Gasteiger partial charge in [-0.1, -0.05) is 17.7 Å². The van der Waals surface area contributed by atoms with Gasteiger partial charge in [-0.25, -0.2) is 4.39 Å². The van der Waals surface area contributed by atoms with E-state index < -0.39 is 0 Å². The summed E-state index contributed by atoms with van der Waals surface area (Å²) in [7, 11) is 0. The Morgan fingerprint density at radius 1 is 1.21 bits per heavy atom. The number of aryl methyl sites for hydroxylation is 1. The van der Waals surface area contributed by atoms with Gasteiger partial charge in [-0.15, -0.1) is 24.8 Å². The molecule has 2 aliphatic heterocycles. The average Bonchev–Trinajstić information content (AvgIpc) is 2.57. The van der Waals surface area contributed by atoms with E-state index >= 15 is 0 Å². The number of hydrogen-bond donors (Lipinski definition) is 1. The van der Waals surface area contributed by atoms with Crippen LogP contribution in [-0.4, -0.2) is 44.3 Å². The molecule has 1 aromatic carbocycles. The van der Waals surface area contributed by atoms with E-state index in [1.165, 1.54) is 0 Å². The van der Waals surface area contributed by atoms with Gasteiger partial charge < -0.3 is 10.1 Å². The highest BCUT2D eigenvalue weighted by atomic mass is 35.5. The summed E-state index contributed by atoms with van der Waals surface area (Å²) in [6.45, 7) is 7.24. The largest absolute Gasteiger partial charge is 0.381 e. The van der Waals surface area contributed by atoms with Gasteiger partial charge in [0.2, 0.25) is 0 Å². The molecule has 0 saturated carbocycles. The maximum atomic E-state index is 14.6. The maximum Gasteiger partial charge on any atom is 0.129 e. The van der Waals surface area contributed by atoms with Crippen LogP contribution < -0.4 is 5.32 Å². The van der Waals surface area contributed by atoms with Gasteiger partial charge in [0.1, 0.15) is 5.82 Å². The van der Waals surface area contributed by atoms with Crippen molar-refractivity contribution in [2.24, 2.45) is 5.92 Å². The molecule has 3 rings (SSSR count). The first kappa shape index (κ1) is 21.9. The number of halogens is 4. The van der Waals surface area contributed by atoms with Crippen LogP contribution in [0.15, 0.2) is 12.1 Å². The third-order valence-electron chi connectivity index (χ3n) is 4.87. The molecular formula is C17H26Cl3FN2O. The Balaban J connectivity index is 0.00000144. The zero-order valence-electron chi connectivity index (χ0n) is 13.9. The fourth-order valence-electron chi connectivity index (χ4n) is 3.66. The second kappa shape index (κ2) is 10.1. The molecule has 1 N–H and O–H groups in total. The summed E-state index contributed by atoms with van der Waals surface area (Å²) >= 11 is 6.52. The smallest absolute Gasteiger partial charge is 0.129 e. The van der Waals surface area contributed by atoms with Gasteiger partial charge in [0.25, 0.3) is 0 Å². The SMILES string of the molecule is Cc1ccc(F)c([C@H](C2CCOCC2)N2CCNCC2)c1Cl.Cl.Cl. The van der Waals surface area contributed by atoms with Crippen LogP contribution in [0.2, 0.25) is 5.02 Å². The van der Waals surface area contributed by atoms with Crippen LogP contribution in [0.3, 0.4) is 0 Å². The Kier molecular flexibility index (Phi) is 9.28. The molecule has 0 aromatic heterocycles. The number of nitrogens with one attached hydrogen (secondary N) is 1. The van der Waals surface area contributed by atoms with Crippen molar-refractivity contribution < 1.29 is 9.13 Å². The van der Waals surface area contributed by atoms with Crippen LogP contribution in [0.5, 0.6) is 0 Å². The Labute approximate surface area is 161 Å². The summed E-state index contributed by atoms with van der Waals surface area (Å²) in [5.74, 6) is 0.228. The predicted molar refractivity (Wildman–Crippen MR) is 101 cm³/mol. The molecule has 0 bridgehead atoms. The molecule has 7 heteroatoms. The minimum Gasteiger partial charge on any atom is -0.381 e. The minimum atomic E-state index is -0.175. The first-order valence-corrected chi connectivity index (χ1v) is 8.53. The third-order valence-corrected chi connectivity index (χ3v) is 5.37. The average molecular weight is 400 g/mol. The van der Waals surface area contributed by atoms with Crippen molar-refractivity contribution in [2.45, 2.75) is 25.8 Å². The molecule has 138 valence electrons. The molecule has 0 unspecified atom stereocenters. The van der Waals surface area contributed by atoms with Crippen molar-refractivity contribution >= 4 is 36.4 Å². The molecule has 3 nitrogen and oxygen atoms in total. The summed E-state index contributed by atoms with van der Waals surface area (Å²) in [5.41, 5.74) is 1.64. The normalized spacial score (nSPS) is 20.8. The van der Waals surface area contributed by atoms with Crippen LogP contribution in [0.25, 0.3) is 0 Å². The van der Waals surface area contributed by atoms with Crippen molar-refractivity contribution in [1.29, 1.82) is 0 Å². The fourth-order valence-corrected chi connectivity index (χ4v) is 3.92. The molecular weight excluding hydrogens is 374 g/mol. The highest BCUT2D eigenvalue weighted by Gasteiger charge is 2.34. The highest BCUT2D eigenvalue weighted by Crippen LogP contribution is 2.40. The number of ether oxygens (including phenoxy) is 1. The zero-order chi connectivity index (χ0) is 15.5. The molecule has 0 radical (unpaired) electrons. The highest BCUT2D eigenvalue weighted by molar-refractivity contribution is 6.32. The van der Waals surface area contributed by atoms with E-state index in [1.807, 2.05) is 6.92 Å². The van der Waals surface area contributed by atoms with E-state index in [2.05, 4.69) is 10.2 Å². The quantitative estimate of drug-likeness (QED) is 0.831. The molecule has 0 aliphatic carbocycles. The summed E-state index contributed by atoms with van der Waals surface area (Å²) in [6.07, 6.45) is 1.94. The number of nitrogens with zero attached hydrogens (tertiary/aromatic N) is 1. The number of piperazine rings is 1. The van der Waals surface area contributed by atoms with Crippen molar-refractivity contribution in [3.8, 4) is 0 Å². The summed E-state index contributed by atoms with van der Waals surface area (Å²) in [5, 5.41) is 3.96. The van der Waals surface area contributed by atoms with Crippen LogP contribution in [0.4, 0.5) is 4.39 Å². The van der Waals surface area contributed by atoms with Crippen LogP contribution in [-0.2, 0) is 4.74 Å².